The van der Waals surface area contributed by atoms with Gasteiger partial charge in [-0.3, -0.25) is 0 Å². The maximum absolute atomic E-state index is 3.34. The number of hydrogen-bond donors (Lipinski definition) is 1. The lowest BCUT2D eigenvalue weighted by Gasteiger charge is -1.89. The van der Waals surface area contributed by atoms with E-state index in [9.17, 15) is 0 Å². The number of allylic oxidation sites excluding steroid dienone is 1. The first-order valence-corrected chi connectivity index (χ1v) is 3.85. The van der Waals surface area contributed by atoms with Gasteiger partial charge in [-0.2, -0.15) is 0 Å². The molecule has 0 aromatic heterocycles. The molecular weight excluding hydrogens is 110 g/mol. The highest BCUT2D eigenvalue weighted by atomic mass is 14.9. The lowest BCUT2D eigenvalue weighted by molar-refractivity contribution is 0.862. The molecule has 2 aliphatic rings. The molecular formula is C8H13N. The van der Waals surface area contributed by atoms with E-state index in [1.807, 2.05) is 0 Å². The molecule has 0 amide bonds. The van der Waals surface area contributed by atoms with Crippen molar-refractivity contribution in [3.8, 4) is 0 Å². The molecule has 0 atom stereocenters. The maximum Gasteiger partial charge on any atom is 0.0165 e. The van der Waals surface area contributed by atoms with E-state index in [1.54, 1.807) is 5.57 Å². The standard InChI is InChI=1S/C8H13N/c1-2-7(1)5-8-3-4-9-6-8/h5,7,9H,1-4,6H2. The zero-order valence-electron chi connectivity index (χ0n) is 5.69. The van der Waals surface area contributed by atoms with Crippen LogP contribution in [0.15, 0.2) is 11.6 Å². The summed E-state index contributed by atoms with van der Waals surface area (Å²) < 4.78 is 0. The summed E-state index contributed by atoms with van der Waals surface area (Å²) in [6.45, 7) is 2.37. The van der Waals surface area contributed by atoms with Gasteiger partial charge in [0.2, 0.25) is 0 Å². The Morgan fingerprint density at radius 3 is 2.89 bits per heavy atom. The molecule has 50 valence electrons. The van der Waals surface area contributed by atoms with Gasteiger partial charge in [-0.05, 0) is 31.7 Å². The second-order valence-corrected chi connectivity index (χ2v) is 3.09. The van der Waals surface area contributed by atoms with Crippen LogP contribution in [0, 0.1) is 5.92 Å². The second kappa shape index (κ2) is 2.14. The summed E-state index contributed by atoms with van der Waals surface area (Å²) in [6.07, 6.45) is 6.67. The smallest absolute Gasteiger partial charge is 0.0165 e. The monoisotopic (exact) mass is 123 g/mol. The summed E-state index contributed by atoms with van der Waals surface area (Å²) in [5.74, 6) is 0.972. The molecule has 0 spiro atoms. The average Bonchev–Trinajstić information content (AvgIpc) is 2.46. The van der Waals surface area contributed by atoms with E-state index in [2.05, 4.69) is 11.4 Å². The van der Waals surface area contributed by atoms with Crippen molar-refractivity contribution in [3.63, 3.8) is 0 Å². The fraction of sp³-hybridized carbons (Fsp3) is 0.750. The third-order valence-electron chi connectivity index (χ3n) is 2.07. The minimum atomic E-state index is 0.972. The van der Waals surface area contributed by atoms with Crippen LogP contribution in [0.25, 0.3) is 0 Å². The summed E-state index contributed by atoms with van der Waals surface area (Å²) in [5.41, 5.74) is 1.65. The summed E-state index contributed by atoms with van der Waals surface area (Å²) in [5, 5.41) is 3.34. The largest absolute Gasteiger partial charge is 0.313 e. The van der Waals surface area contributed by atoms with Gasteiger partial charge < -0.3 is 5.32 Å². The van der Waals surface area contributed by atoms with Gasteiger partial charge in [-0.15, -0.1) is 0 Å². The van der Waals surface area contributed by atoms with E-state index in [4.69, 9.17) is 0 Å². The molecule has 1 heteroatoms. The van der Waals surface area contributed by atoms with Crippen LogP contribution in [0.3, 0.4) is 0 Å². The highest BCUT2D eigenvalue weighted by Gasteiger charge is 2.19. The molecule has 0 unspecified atom stereocenters. The van der Waals surface area contributed by atoms with Gasteiger partial charge in [0, 0.05) is 6.54 Å². The summed E-state index contributed by atoms with van der Waals surface area (Å²) in [4.78, 5) is 0. The molecule has 0 aromatic rings. The van der Waals surface area contributed by atoms with Crippen molar-refractivity contribution in [2.45, 2.75) is 19.3 Å². The Morgan fingerprint density at radius 1 is 1.44 bits per heavy atom. The lowest BCUT2D eigenvalue weighted by Crippen LogP contribution is -2.04. The van der Waals surface area contributed by atoms with E-state index in [-0.39, 0.29) is 0 Å². The van der Waals surface area contributed by atoms with Crippen molar-refractivity contribution < 1.29 is 0 Å². The molecule has 0 aromatic carbocycles. The predicted octanol–water partition coefficient (Wildman–Crippen LogP) is 1.32. The second-order valence-electron chi connectivity index (χ2n) is 3.09. The minimum Gasteiger partial charge on any atom is -0.313 e. The molecule has 2 fully saturated rings. The van der Waals surface area contributed by atoms with E-state index >= 15 is 0 Å². The molecule has 2 rings (SSSR count). The van der Waals surface area contributed by atoms with Crippen molar-refractivity contribution in [2.75, 3.05) is 13.1 Å². The van der Waals surface area contributed by atoms with E-state index < -0.39 is 0 Å². The molecule has 1 heterocycles. The first-order chi connectivity index (χ1) is 4.45. The Balaban J connectivity index is 1.93. The first-order valence-electron chi connectivity index (χ1n) is 3.85. The lowest BCUT2D eigenvalue weighted by atomic mass is 10.2. The van der Waals surface area contributed by atoms with Crippen LogP contribution in [0.1, 0.15) is 19.3 Å². The van der Waals surface area contributed by atoms with Crippen molar-refractivity contribution in [1.82, 2.24) is 5.32 Å². The highest BCUT2D eigenvalue weighted by molar-refractivity contribution is 5.13. The van der Waals surface area contributed by atoms with Gasteiger partial charge in [0.1, 0.15) is 0 Å². The van der Waals surface area contributed by atoms with Crippen molar-refractivity contribution >= 4 is 0 Å². The molecule has 1 nitrogen and oxygen atoms in total. The van der Waals surface area contributed by atoms with Crippen LogP contribution in [0.4, 0.5) is 0 Å². The first kappa shape index (κ1) is 5.48. The zero-order chi connectivity index (χ0) is 6.10. The topological polar surface area (TPSA) is 12.0 Å². The summed E-state index contributed by atoms with van der Waals surface area (Å²) in [7, 11) is 0. The molecule has 0 bridgehead atoms. The van der Waals surface area contributed by atoms with Crippen LogP contribution < -0.4 is 5.32 Å². The Kier molecular flexibility index (Phi) is 1.31. The fourth-order valence-corrected chi connectivity index (χ4v) is 1.32. The van der Waals surface area contributed by atoms with Gasteiger partial charge in [-0.1, -0.05) is 11.6 Å². The maximum atomic E-state index is 3.34. The number of nitrogens with one attached hydrogen (secondary N) is 1. The number of rotatable bonds is 1. The van der Waals surface area contributed by atoms with Gasteiger partial charge >= 0.3 is 0 Å². The molecule has 1 aliphatic carbocycles. The molecule has 9 heavy (non-hydrogen) atoms. The van der Waals surface area contributed by atoms with E-state index in [0.29, 0.717) is 0 Å². The Hall–Kier alpha value is -0.300. The third kappa shape index (κ3) is 1.33. The van der Waals surface area contributed by atoms with Gasteiger partial charge in [0.25, 0.3) is 0 Å². The third-order valence-corrected chi connectivity index (χ3v) is 2.07. The van der Waals surface area contributed by atoms with Crippen molar-refractivity contribution in [1.29, 1.82) is 0 Å². The molecule has 1 saturated heterocycles. The molecule has 0 radical (unpaired) electrons. The minimum absolute atomic E-state index is 0.972. The Labute approximate surface area is 56.1 Å². The Bertz CT molecular complexity index is 126. The normalized spacial score (nSPS) is 31.8. The molecule has 1 saturated carbocycles. The number of hydrogen-bond acceptors (Lipinski definition) is 1. The highest BCUT2D eigenvalue weighted by Crippen LogP contribution is 2.32. The van der Waals surface area contributed by atoms with E-state index in [0.717, 1.165) is 12.5 Å². The van der Waals surface area contributed by atoms with Gasteiger partial charge in [0.05, 0.1) is 0 Å². The van der Waals surface area contributed by atoms with Crippen LogP contribution in [0.2, 0.25) is 0 Å². The van der Waals surface area contributed by atoms with Crippen LogP contribution in [-0.4, -0.2) is 13.1 Å². The van der Waals surface area contributed by atoms with Crippen molar-refractivity contribution in [2.24, 2.45) is 5.92 Å². The van der Waals surface area contributed by atoms with Crippen LogP contribution in [-0.2, 0) is 0 Å². The molecule has 1 N–H and O–H groups in total. The van der Waals surface area contributed by atoms with Crippen LogP contribution >= 0.6 is 0 Å². The average molecular weight is 123 g/mol. The van der Waals surface area contributed by atoms with E-state index in [1.165, 1.54) is 25.8 Å². The SMILES string of the molecule is C(=C1CCNC1)C1CC1. The fourth-order valence-electron chi connectivity index (χ4n) is 1.32. The Morgan fingerprint density at radius 2 is 2.33 bits per heavy atom. The quantitative estimate of drug-likeness (QED) is 0.518. The van der Waals surface area contributed by atoms with Crippen molar-refractivity contribution in [3.05, 3.63) is 11.6 Å². The van der Waals surface area contributed by atoms with Gasteiger partial charge in [0.15, 0.2) is 0 Å². The van der Waals surface area contributed by atoms with Gasteiger partial charge in [-0.25, -0.2) is 0 Å². The summed E-state index contributed by atoms with van der Waals surface area (Å²) >= 11 is 0. The summed E-state index contributed by atoms with van der Waals surface area (Å²) in [6, 6.07) is 0. The zero-order valence-corrected chi connectivity index (χ0v) is 5.69. The predicted molar refractivity (Wildman–Crippen MR) is 38.3 cm³/mol. The molecule has 1 aliphatic heterocycles. The van der Waals surface area contributed by atoms with Crippen LogP contribution in [0.5, 0.6) is 0 Å².